The van der Waals surface area contributed by atoms with Crippen LogP contribution in [0.5, 0.6) is 0 Å². The molecule has 3 aliphatic rings. The molecular weight excluding hydrogens is 308 g/mol. The highest BCUT2D eigenvalue weighted by Crippen LogP contribution is 2.29. The van der Waals surface area contributed by atoms with Gasteiger partial charge in [0, 0.05) is 19.6 Å². The number of benzene rings is 1. The van der Waals surface area contributed by atoms with Gasteiger partial charge in [-0.1, -0.05) is 30.3 Å². The number of carbonyl (C=O) groups is 2. The average Bonchev–Trinajstić information content (AvgIpc) is 3.00. The maximum Gasteiger partial charge on any atom is 0.255 e. The number of carbonyl (C=O) groups excluding carboxylic acids is 2. The van der Waals surface area contributed by atoms with Gasteiger partial charge in [0.2, 0.25) is 0 Å². The predicted octanol–water partition coefficient (Wildman–Crippen LogP) is 1.15. The molecule has 3 atom stereocenters. The molecule has 3 saturated heterocycles. The van der Waals surface area contributed by atoms with E-state index in [4.69, 9.17) is 9.47 Å². The van der Waals surface area contributed by atoms with E-state index in [9.17, 15) is 9.59 Å². The average molecular weight is 330 g/mol. The molecule has 0 saturated carbocycles. The number of nitrogens with zero attached hydrogens (tertiary/aromatic N) is 2. The summed E-state index contributed by atoms with van der Waals surface area (Å²) in [6.07, 6.45) is 1.09. The Bertz CT molecular complexity index is 615. The molecule has 2 bridgehead atoms. The number of likely N-dealkylation sites (tertiary alicyclic amines) is 1. The van der Waals surface area contributed by atoms with Crippen molar-refractivity contribution in [2.75, 3.05) is 19.6 Å². The van der Waals surface area contributed by atoms with Gasteiger partial charge in [0.25, 0.3) is 11.8 Å². The van der Waals surface area contributed by atoms with Gasteiger partial charge in [-0.05, 0) is 24.8 Å². The molecule has 0 aliphatic carbocycles. The minimum atomic E-state index is -0.804. The summed E-state index contributed by atoms with van der Waals surface area (Å²) < 4.78 is 11.4. The molecular formula is C18H22N2O4. The van der Waals surface area contributed by atoms with Gasteiger partial charge >= 0.3 is 0 Å². The Kier molecular flexibility index (Phi) is 4.24. The summed E-state index contributed by atoms with van der Waals surface area (Å²) >= 11 is 0. The Morgan fingerprint density at radius 2 is 1.83 bits per heavy atom. The first-order chi connectivity index (χ1) is 11.7. The van der Waals surface area contributed by atoms with Gasteiger partial charge in [0.15, 0.2) is 18.5 Å². The summed E-state index contributed by atoms with van der Waals surface area (Å²) in [6, 6.07) is 9.83. The van der Waals surface area contributed by atoms with Crippen LogP contribution in [-0.4, -0.2) is 59.7 Å². The van der Waals surface area contributed by atoms with Crippen molar-refractivity contribution in [2.45, 2.75) is 44.3 Å². The Hall–Kier alpha value is -1.92. The molecule has 0 N–H and O–H groups in total. The Morgan fingerprint density at radius 3 is 2.58 bits per heavy atom. The molecule has 3 aliphatic heterocycles. The second-order valence-electron chi connectivity index (χ2n) is 6.63. The molecule has 1 aromatic carbocycles. The second kappa shape index (κ2) is 6.53. The van der Waals surface area contributed by atoms with Crippen LogP contribution in [0.3, 0.4) is 0 Å². The Labute approximate surface area is 141 Å². The van der Waals surface area contributed by atoms with E-state index in [0.29, 0.717) is 13.1 Å². The van der Waals surface area contributed by atoms with Crippen molar-refractivity contribution in [1.82, 2.24) is 9.80 Å². The van der Waals surface area contributed by atoms with E-state index < -0.39 is 18.5 Å². The summed E-state index contributed by atoms with van der Waals surface area (Å²) in [7, 11) is 0. The van der Waals surface area contributed by atoms with Gasteiger partial charge in [-0.3, -0.25) is 9.59 Å². The van der Waals surface area contributed by atoms with Crippen LogP contribution in [0.25, 0.3) is 0 Å². The van der Waals surface area contributed by atoms with Crippen molar-refractivity contribution in [2.24, 2.45) is 0 Å². The van der Waals surface area contributed by atoms with E-state index in [-0.39, 0.29) is 11.8 Å². The van der Waals surface area contributed by atoms with Gasteiger partial charge in [-0.2, -0.15) is 0 Å². The molecule has 0 radical (unpaired) electrons. The number of piperidine rings is 1. The summed E-state index contributed by atoms with van der Waals surface area (Å²) in [5.74, 6) is -0.250. The van der Waals surface area contributed by atoms with E-state index >= 15 is 0 Å². The first-order valence-corrected chi connectivity index (χ1v) is 8.65. The summed E-state index contributed by atoms with van der Waals surface area (Å²) in [5.41, 5.74) is 1.06. The van der Waals surface area contributed by atoms with Crippen LogP contribution in [0.1, 0.15) is 24.8 Å². The maximum atomic E-state index is 12.7. The zero-order valence-electron chi connectivity index (χ0n) is 13.6. The van der Waals surface area contributed by atoms with Crippen LogP contribution in [0.15, 0.2) is 30.3 Å². The SMILES string of the molecule is O=C1[C@H]2O[C@@H](CN1Cc1ccccc1)O[C@H]2C(=O)N1CCCCC1. The van der Waals surface area contributed by atoms with E-state index in [2.05, 4.69) is 0 Å². The Balaban J connectivity index is 1.46. The second-order valence-corrected chi connectivity index (χ2v) is 6.63. The largest absolute Gasteiger partial charge is 0.340 e. The normalized spacial score (nSPS) is 29.8. The topological polar surface area (TPSA) is 59.1 Å². The van der Waals surface area contributed by atoms with Gasteiger partial charge in [0.1, 0.15) is 0 Å². The van der Waals surface area contributed by atoms with E-state index in [0.717, 1.165) is 37.9 Å². The van der Waals surface area contributed by atoms with Gasteiger partial charge < -0.3 is 19.3 Å². The summed E-state index contributed by atoms with van der Waals surface area (Å²) in [4.78, 5) is 29.0. The molecule has 0 spiro atoms. The summed E-state index contributed by atoms with van der Waals surface area (Å²) in [5, 5.41) is 0. The number of ether oxygens (including phenoxy) is 2. The number of hydrogen-bond acceptors (Lipinski definition) is 4. The molecule has 4 rings (SSSR count). The highest BCUT2D eigenvalue weighted by atomic mass is 16.7. The quantitative estimate of drug-likeness (QED) is 0.834. The van der Waals surface area contributed by atoms with Crippen molar-refractivity contribution >= 4 is 11.8 Å². The predicted molar refractivity (Wildman–Crippen MR) is 85.8 cm³/mol. The molecule has 0 unspecified atom stereocenters. The molecule has 6 heteroatoms. The van der Waals surface area contributed by atoms with Crippen LogP contribution in [-0.2, 0) is 25.6 Å². The lowest BCUT2D eigenvalue weighted by Crippen LogP contribution is -2.52. The number of rotatable bonds is 3. The van der Waals surface area contributed by atoms with Crippen LogP contribution in [0.4, 0.5) is 0 Å². The minimum absolute atomic E-state index is 0.0999. The van der Waals surface area contributed by atoms with Crippen LogP contribution < -0.4 is 0 Å². The lowest BCUT2D eigenvalue weighted by Gasteiger charge is -2.32. The molecule has 0 aromatic heterocycles. The third kappa shape index (κ3) is 2.91. The van der Waals surface area contributed by atoms with Gasteiger partial charge in [-0.25, -0.2) is 0 Å². The standard InChI is InChI=1S/C18H22N2O4/c21-17(19-9-5-2-6-10-19)15-16-18(22)20(12-14(23-15)24-16)11-13-7-3-1-4-8-13/h1,3-4,7-8,14-16H,2,5-6,9-12H2/t14-,15+,16-/m0/s1. The van der Waals surface area contributed by atoms with E-state index in [1.165, 1.54) is 0 Å². The molecule has 3 heterocycles. The molecule has 6 nitrogen and oxygen atoms in total. The summed E-state index contributed by atoms with van der Waals surface area (Å²) in [6.45, 7) is 2.38. The molecule has 24 heavy (non-hydrogen) atoms. The number of morpholine rings is 1. The fourth-order valence-electron chi connectivity index (χ4n) is 3.65. The van der Waals surface area contributed by atoms with Gasteiger partial charge in [0.05, 0.1) is 6.54 Å². The van der Waals surface area contributed by atoms with E-state index in [1.54, 1.807) is 4.90 Å². The lowest BCUT2D eigenvalue weighted by atomic mass is 10.1. The van der Waals surface area contributed by atoms with Crippen molar-refractivity contribution in [3.63, 3.8) is 0 Å². The highest BCUT2D eigenvalue weighted by molar-refractivity contribution is 5.92. The molecule has 128 valence electrons. The molecule has 3 fully saturated rings. The van der Waals surface area contributed by atoms with Crippen LogP contribution >= 0.6 is 0 Å². The number of fused-ring (bicyclic) bond motifs is 2. The van der Waals surface area contributed by atoms with Crippen LogP contribution in [0, 0.1) is 0 Å². The zero-order chi connectivity index (χ0) is 16.5. The third-order valence-electron chi connectivity index (χ3n) is 4.92. The number of amides is 2. The maximum absolute atomic E-state index is 12.7. The number of hydrogen-bond donors (Lipinski definition) is 0. The van der Waals surface area contributed by atoms with Crippen molar-refractivity contribution < 1.29 is 19.1 Å². The van der Waals surface area contributed by atoms with Crippen LogP contribution in [0.2, 0.25) is 0 Å². The van der Waals surface area contributed by atoms with E-state index in [1.807, 2.05) is 35.2 Å². The third-order valence-corrected chi connectivity index (χ3v) is 4.92. The monoisotopic (exact) mass is 330 g/mol. The van der Waals surface area contributed by atoms with Crippen molar-refractivity contribution in [1.29, 1.82) is 0 Å². The van der Waals surface area contributed by atoms with Gasteiger partial charge in [-0.15, -0.1) is 0 Å². The molecule has 2 amide bonds. The highest BCUT2D eigenvalue weighted by Gasteiger charge is 2.52. The fraction of sp³-hybridized carbons (Fsp3) is 0.556. The Morgan fingerprint density at radius 1 is 1.08 bits per heavy atom. The van der Waals surface area contributed by atoms with Crippen molar-refractivity contribution in [3.05, 3.63) is 35.9 Å². The first-order valence-electron chi connectivity index (χ1n) is 8.65. The zero-order valence-corrected chi connectivity index (χ0v) is 13.6. The van der Waals surface area contributed by atoms with Crippen molar-refractivity contribution in [3.8, 4) is 0 Å². The molecule has 1 aromatic rings. The lowest BCUT2D eigenvalue weighted by molar-refractivity contribution is -0.162. The smallest absolute Gasteiger partial charge is 0.255 e. The first kappa shape index (κ1) is 15.6. The fourth-order valence-corrected chi connectivity index (χ4v) is 3.65. The minimum Gasteiger partial charge on any atom is -0.340 e.